The zero-order valence-corrected chi connectivity index (χ0v) is 12.5. The molecule has 0 aliphatic rings. The Morgan fingerprint density at radius 1 is 1.20 bits per heavy atom. The molecule has 108 valence electrons. The van der Waals surface area contributed by atoms with Crippen LogP contribution in [0.4, 0.5) is 0 Å². The zero-order valence-electron chi connectivity index (χ0n) is 12.5. The fourth-order valence-electron chi connectivity index (χ4n) is 2.08. The Morgan fingerprint density at radius 3 is 2.80 bits per heavy atom. The van der Waals surface area contributed by atoms with Crippen molar-refractivity contribution in [3.05, 3.63) is 53.0 Å². The summed E-state index contributed by atoms with van der Waals surface area (Å²) in [6.45, 7) is 8.48. The Bertz CT molecular complexity index is 546. The molecule has 0 aliphatic carbocycles. The van der Waals surface area contributed by atoms with Crippen molar-refractivity contribution in [1.82, 2.24) is 5.32 Å². The first-order chi connectivity index (χ1) is 9.72. The van der Waals surface area contributed by atoms with Crippen LogP contribution in [0.25, 0.3) is 0 Å². The highest BCUT2D eigenvalue weighted by molar-refractivity contribution is 5.28. The Kier molecular flexibility index (Phi) is 5.24. The van der Waals surface area contributed by atoms with E-state index in [9.17, 15) is 0 Å². The highest BCUT2D eigenvalue weighted by Gasteiger charge is 2.07. The lowest BCUT2D eigenvalue weighted by Gasteiger charge is -2.05. The molecule has 1 heterocycles. The minimum absolute atomic E-state index is 0.472. The van der Waals surface area contributed by atoms with Gasteiger partial charge in [-0.3, -0.25) is 0 Å². The monoisotopic (exact) mass is 273 g/mol. The van der Waals surface area contributed by atoms with E-state index in [1.54, 1.807) is 0 Å². The van der Waals surface area contributed by atoms with Crippen LogP contribution >= 0.6 is 0 Å². The molecule has 0 bridgehead atoms. The molecule has 3 nitrogen and oxygen atoms in total. The lowest BCUT2D eigenvalue weighted by atomic mass is 10.2. The van der Waals surface area contributed by atoms with E-state index >= 15 is 0 Å². The van der Waals surface area contributed by atoms with Gasteiger partial charge >= 0.3 is 0 Å². The molecule has 20 heavy (non-hydrogen) atoms. The third-order valence-corrected chi connectivity index (χ3v) is 3.29. The van der Waals surface area contributed by atoms with Crippen molar-refractivity contribution in [3.63, 3.8) is 0 Å². The van der Waals surface area contributed by atoms with Crippen LogP contribution in [0.2, 0.25) is 0 Å². The molecule has 0 unspecified atom stereocenters. The molecule has 0 aliphatic heterocycles. The van der Waals surface area contributed by atoms with Gasteiger partial charge in [0, 0.05) is 0 Å². The largest absolute Gasteiger partial charge is 0.486 e. The number of rotatable bonds is 7. The van der Waals surface area contributed by atoms with E-state index in [-0.39, 0.29) is 0 Å². The highest BCUT2D eigenvalue weighted by Crippen LogP contribution is 2.19. The molecule has 1 aromatic carbocycles. The van der Waals surface area contributed by atoms with E-state index in [4.69, 9.17) is 9.15 Å². The highest BCUT2D eigenvalue weighted by atomic mass is 16.5. The first-order valence-corrected chi connectivity index (χ1v) is 7.23. The lowest BCUT2D eigenvalue weighted by Crippen LogP contribution is -2.11. The summed E-state index contributed by atoms with van der Waals surface area (Å²) in [5, 5.41) is 3.27. The number of ether oxygens (including phenoxy) is 1. The van der Waals surface area contributed by atoms with Crippen molar-refractivity contribution in [2.45, 2.75) is 40.3 Å². The number of benzene rings is 1. The van der Waals surface area contributed by atoms with Crippen LogP contribution in [0.1, 0.15) is 36.5 Å². The summed E-state index contributed by atoms with van der Waals surface area (Å²) in [6, 6.07) is 10.2. The van der Waals surface area contributed by atoms with Gasteiger partial charge in [-0.1, -0.05) is 26.0 Å². The van der Waals surface area contributed by atoms with Crippen molar-refractivity contribution in [1.29, 1.82) is 0 Å². The molecule has 2 rings (SSSR count). The summed E-state index contributed by atoms with van der Waals surface area (Å²) in [7, 11) is 0. The first kappa shape index (κ1) is 14.7. The Morgan fingerprint density at radius 2 is 2.05 bits per heavy atom. The molecule has 0 radical (unpaired) electrons. The SMILES string of the molecule is CCNCc1oc(COc2cccc(CC)c2)cc1C. The van der Waals surface area contributed by atoms with Crippen molar-refractivity contribution in [2.75, 3.05) is 6.54 Å². The molecule has 0 saturated carbocycles. The summed E-state index contributed by atoms with van der Waals surface area (Å²) >= 11 is 0. The molecular weight excluding hydrogens is 250 g/mol. The van der Waals surface area contributed by atoms with Gasteiger partial charge in [-0.15, -0.1) is 0 Å². The fraction of sp³-hybridized carbons (Fsp3) is 0.412. The second-order valence-corrected chi connectivity index (χ2v) is 4.89. The molecule has 0 saturated heterocycles. The van der Waals surface area contributed by atoms with E-state index < -0.39 is 0 Å². The van der Waals surface area contributed by atoms with Crippen molar-refractivity contribution >= 4 is 0 Å². The number of nitrogens with one attached hydrogen (secondary N) is 1. The number of furan rings is 1. The third kappa shape index (κ3) is 3.87. The van der Waals surface area contributed by atoms with E-state index in [2.05, 4.69) is 44.3 Å². The summed E-state index contributed by atoms with van der Waals surface area (Å²) in [4.78, 5) is 0. The van der Waals surface area contributed by atoms with Crippen LogP contribution in [0.3, 0.4) is 0 Å². The van der Waals surface area contributed by atoms with Gasteiger partial charge in [0.2, 0.25) is 0 Å². The van der Waals surface area contributed by atoms with E-state index in [0.29, 0.717) is 6.61 Å². The second kappa shape index (κ2) is 7.15. The minimum Gasteiger partial charge on any atom is -0.486 e. The van der Waals surface area contributed by atoms with Gasteiger partial charge in [0.25, 0.3) is 0 Å². The number of hydrogen-bond acceptors (Lipinski definition) is 3. The van der Waals surface area contributed by atoms with Crippen molar-refractivity contribution in [2.24, 2.45) is 0 Å². The van der Waals surface area contributed by atoms with E-state index in [1.807, 2.05) is 12.1 Å². The Hall–Kier alpha value is -1.74. The van der Waals surface area contributed by atoms with Crippen LogP contribution in [0.5, 0.6) is 5.75 Å². The molecular formula is C17H23NO2. The molecule has 3 heteroatoms. The normalized spacial score (nSPS) is 10.8. The van der Waals surface area contributed by atoms with Crippen LogP contribution in [0, 0.1) is 6.92 Å². The number of aryl methyl sites for hydroxylation is 2. The average Bonchev–Trinajstić information content (AvgIpc) is 2.83. The first-order valence-electron chi connectivity index (χ1n) is 7.23. The molecule has 0 fully saturated rings. The Balaban J connectivity index is 1.96. The maximum Gasteiger partial charge on any atom is 0.146 e. The standard InChI is InChI=1S/C17H23NO2/c1-4-14-7-6-8-15(10-14)19-12-16-9-13(3)17(20-16)11-18-5-2/h6-10,18H,4-5,11-12H2,1-3H3. The van der Waals surface area contributed by atoms with E-state index in [1.165, 1.54) is 11.1 Å². The van der Waals surface area contributed by atoms with Crippen LogP contribution < -0.4 is 10.1 Å². The van der Waals surface area contributed by atoms with Gasteiger partial charge in [0.05, 0.1) is 6.54 Å². The minimum atomic E-state index is 0.472. The summed E-state index contributed by atoms with van der Waals surface area (Å²) in [5.41, 5.74) is 2.46. The van der Waals surface area contributed by atoms with Gasteiger partial charge < -0.3 is 14.5 Å². The predicted molar refractivity (Wildman–Crippen MR) is 81.0 cm³/mol. The topological polar surface area (TPSA) is 34.4 Å². The maximum atomic E-state index is 5.81. The van der Waals surface area contributed by atoms with Crippen LogP contribution in [-0.4, -0.2) is 6.54 Å². The lowest BCUT2D eigenvalue weighted by molar-refractivity contribution is 0.265. The average molecular weight is 273 g/mol. The van der Waals surface area contributed by atoms with Gasteiger partial charge in [-0.2, -0.15) is 0 Å². The van der Waals surface area contributed by atoms with Gasteiger partial charge in [-0.25, -0.2) is 0 Å². The quantitative estimate of drug-likeness (QED) is 0.832. The molecule has 1 aromatic heterocycles. The molecule has 2 aromatic rings. The zero-order chi connectivity index (χ0) is 14.4. The van der Waals surface area contributed by atoms with E-state index in [0.717, 1.165) is 36.8 Å². The van der Waals surface area contributed by atoms with Gasteiger partial charge in [0.15, 0.2) is 0 Å². The molecule has 0 spiro atoms. The molecule has 0 atom stereocenters. The summed E-state index contributed by atoms with van der Waals surface area (Å²) in [5.74, 6) is 2.76. The van der Waals surface area contributed by atoms with Crippen molar-refractivity contribution < 1.29 is 9.15 Å². The van der Waals surface area contributed by atoms with Gasteiger partial charge in [-0.05, 0) is 49.2 Å². The smallest absolute Gasteiger partial charge is 0.146 e. The van der Waals surface area contributed by atoms with Gasteiger partial charge in [0.1, 0.15) is 23.9 Å². The predicted octanol–water partition coefficient (Wildman–Crippen LogP) is 3.84. The molecule has 1 N–H and O–H groups in total. The maximum absolute atomic E-state index is 5.81. The second-order valence-electron chi connectivity index (χ2n) is 4.89. The summed E-state index contributed by atoms with van der Waals surface area (Å²) < 4.78 is 11.6. The van der Waals surface area contributed by atoms with Crippen molar-refractivity contribution in [3.8, 4) is 5.75 Å². The Labute approximate surface area is 121 Å². The number of hydrogen-bond donors (Lipinski definition) is 1. The fourth-order valence-corrected chi connectivity index (χ4v) is 2.08. The molecule has 0 amide bonds. The van der Waals surface area contributed by atoms with Crippen LogP contribution in [-0.2, 0) is 19.6 Å². The summed E-state index contributed by atoms with van der Waals surface area (Å²) in [6.07, 6.45) is 1.02. The van der Waals surface area contributed by atoms with Crippen LogP contribution in [0.15, 0.2) is 34.7 Å². The third-order valence-electron chi connectivity index (χ3n) is 3.29.